The van der Waals surface area contributed by atoms with Gasteiger partial charge in [-0.2, -0.15) is 0 Å². The Morgan fingerprint density at radius 1 is 1.00 bits per heavy atom. The van der Waals surface area contributed by atoms with E-state index < -0.39 is 0 Å². The van der Waals surface area contributed by atoms with Crippen LogP contribution in [0.15, 0.2) is 16.6 Å². The van der Waals surface area contributed by atoms with Crippen molar-refractivity contribution in [3.8, 4) is 11.5 Å². The fourth-order valence-corrected chi connectivity index (χ4v) is 3.79. The van der Waals surface area contributed by atoms with E-state index in [0.29, 0.717) is 4.83 Å². The molecule has 4 heteroatoms. The number of methoxy groups -OCH3 is 2. The summed E-state index contributed by atoms with van der Waals surface area (Å²) in [6.07, 6.45) is 9.04. The van der Waals surface area contributed by atoms with E-state index in [-0.39, 0.29) is 0 Å². The lowest BCUT2D eigenvalue weighted by molar-refractivity contribution is 0.385. The zero-order valence-electron chi connectivity index (χ0n) is 13.3. The van der Waals surface area contributed by atoms with E-state index in [1.54, 1.807) is 14.2 Å². The average Bonchev–Trinajstić information content (AvgIpc) is 2.50. The Morgan fingerprint density at radius 3 is 2.29 bits per heavy atom. The Morgan fingerprint density at radius 2 is 1.67 bits per heavy atom. The normalized spacial score (nSPS) is 12.2. The topological polar surface area (TPSA) is 18.5 Å². The molecule has 1 unspecified atom stereocenters. The molecule has 0 saturated heterocycles. The lowest BCUT2D eigenvalue weighted by Crippen LogP contribution is -1.98. The SMILES string of the molecule is CCCCCCCCC(Br)c1ccc(OC)c(Br)c1OC. The summed E-state index contributed by atoms with van der Waals surface area (Å²) in [5, 5.41) is 0. The van der Waals surface area contributed by atoms with E-state index in [9.17, 15) is 0 Å². The average molecular weight is 422 g/mol. The second-order valence-corrected chi connectivity index (χ2v) is 7.13. The van der Waals surface area contributed by atoms with Crippen LogP contribution in [0.5, 0.6) is 11.5 Å². The van der Waals surface area contributed by atoms with Gasteiger partial charge in [0, 0.05) is 10.4 Å². The van der Waals surface area contributed by atoms with Crippen LogP contribution in [0.2, 0.25) is 0 Å². The van der Waals surface area contributed by atoms with Crippen molar-refractivity contribution in [2.75, 3.05) is 14.2 Å². The predicted molar refractivity (Wildman–Crippen MR) is 96.9 cm³/mol. The van der Waals surface area contributed by atoms with Crippen molar-refractivity contribution in [3.05, 3.63) is 22.2 Å². The fourth-order valence-electron chi connectivity index (χ4n) is 2.42. The van der Waals surface area contributed by atoms with Crippen molar-refractivity contribution in [1.82, 2.24) is 0 Å². The molecule has 0 amide bonds. The molecule has 0 fully saturated rings. The molecule has 1 rings (SSSR count). The largest absolute Gasteiger partial charge is 0.495 e. The maximum absolute atomic E-state index is 5.54. The molecule has 120 valence electrons. The van der Waals surface area contributed by atoms with Crippen molar-refractivity contribution in [3.63, 3.8) is 0 Å². The monoisotopic (exact) mass is 420 g/mol. The van der Waals surface area contributed by atoms with Gasteiger partial charge >= 0.3 is 0 Å². The second-order valence-electron chi connectivity index (χ2n) is 5.23. The minimum atomic E-state index is 0.320. The molecular formula is C17H26Br2O2. The van der Waals surface area contributed by atoms with Gasteiger partial charge in [0.05, 0.1) is 14.2 Å². The maximum Gasteiger partial charge on any atom is 0.141 e. The molecule has 0 bridgehead atoms. The molecule has 0 spiro atoms. The summed E-state index contributed by atoms with van der Waals surface area (Å²) in [4.78, 5) is 0.320. The molecule has 1 aromatic rings. The van der Waals surface area contributed by atoms with Crippen molar-refractivity contribution in [2.24, 2.45) is 0 Å². The van der Waals surface area contributed by atoms with Crippen molar-refractivity contribution in [1.29, 1.82) is 0 Å². The third kappa shape index (κ3) is 5.82. The molecule has 0 aliphatic heterocycles. The van der Waals surface area contributed by atoms with Crippen LogP contribution >= 0.6 is 31.9 Å². The van der Waals surface area contributed by atoms with Crippen LogP contribution in [-0.4, -0.2) is 14.2 Å². The first kappa shape index (κ1) is 18.8. The third-order valence-electron chi connectivity index (χ3n) is 3.66. The number of hydrogen-bond acceptors (Lipinski definition) is 2. The van der Waals surface area contributed by atoms with Crippen LogP contribution in [0.25, 0.3) is 0 Å². The molecule has 0 aliphatic carbocycles. The Labute approximate surface area is 145 Å². The molecule has 21 heavy (non-hydrogen) atoms. The van der Waals surface area contributed by atoms with Crippen LogP contribution in [0.3, 0.4) is 0 Å². The highest BCUT2D eigenvalue weighted by Crippen LogP contribution is 2.43. The van der Waals surface area contributed by atoms with Gasteiger partial charge in [-0.25, -0.2) is 0 Å². The summed E-state index contributed by atoms with van der Waals surface area (Å²) in [6.45, 7) is 2.25. The van der Waals surface area contributed by atoms with Crippen LogP contribution in [0.1, 0.15) is 62.3 Å². The van der Waals surface area contributed by atoms with E-state index in [1.165, 1.54) is 44.1 Å². The maximum atomic E-state index is 5.54. The summed E-state index contributed by atoms with van der Waals surface area (Å²) < 4.78 is 11.7. The quantitative estimate of drug-likeness (QED) is 0.310. The highest BCUT2D eigenvalue weighted by molar-refractivity contribution is 9.10. The van der Waals surface area contributed by atoms with Crippen LogP contribution in [0, 0.1) is 0 Å². The first-order chi connectivity index (χ1) is 10.2. The Hall–Kier alpha value is -0.220. The van der Waals surface area contributed by atoms with Gasteiger partial charge in [-0.15, -0.1) is 0 Å². The number of alkyl halides is 1. The van der Waals surface area contributed by atoms with E-state index in [4.69, 9.17) is 9.47 Å². The Kier molecular flexibility index (Phi) is 9.41. The third-order valence-corrected chi connectivity index (χ3v) is 5.37. The Bertz CT molecular complexity index is 421. The molecule has 1 aromatic carbocycles. The number of rotatable bonds is 10. The van der Waals surface area contributed by atoms with Crippen molar-refractivity contribution in [2.45, 2.75) is 56.7 Å². The van der Waals surface area contributed by atoms with E-state index in [2.05, 4.69) is 44.8 Å². The number of unbranched alkanes of at least 4 members (excludes halogenated alkanes) is 5. The predicted octanol–water partition coefficient (Wildman–Crippen LogP) is 6.65. The van der Waals surface area contributed by atoms with Crippen molar-refractivity contribution >= 4 is 31.9 Å². The molecule has 0 aromatic heterocycles. The first-order valence-corrected chi connectivity index (χ1v) is 9.41. The number of hydrogen-bond donors (Lipinski definition) is 0. The molecule has 0 heterocycles. The van der Waals surface area contributed by atoms with Gasteiger partial charge in [-0.1, -0.05) is 67.4 Å². The summed E-state index contributed by atoms with van der Waals surface area (Å²) in [7, 11) is 3.37. The summed E-state index contributed by atoms with van der Waals surface area (Å²) in [5.74, 6) is 1.66. The number of ether oxygens (including phenoxy) is 2. The molecule has 2 nitrogen and oxygen atoms in total. The molecule has 0 N–H and O–H groups in total. The minimum Gasteiger partial charge on any atom is -0.495 e. The lowest BCUT2D eigenvalue weighted by atomic mass is 10.0. The summed E-state index contributed by atoms with van der Waals surface area (Å²) in [5.41, 5.74) is 1.18. The highest BCUT2D eigenvalue weighted by Gasteiger charge is 2.18. The van der Waals surface area contributed by atoms with E-state index in [0.717, 1.165) is 22.4 Å². The van der Waals surface area contributed by atoms with E-state index in [1.807, 2.05) is 6.07 Å². The van der Waals surface area contributed by atoms with Crippen molar-refractivity contribution < 1.29 is 9.47 Å². The summed E-state index contributed by atoms with van der Waals surface area (Å²) >= 11 is 7.36. The van der Waals surface area contributed by atoms with Crippen LogP contribution in [-0.2, 0) is 0 Å². The number of halogens is 2. The van der Waals surface area contributed by atoms with E-state index >= 15 is 0 Å². The Balaban J connectivity index is 2.57. The lowest BCUT2D eigenvalue weighted by Gasteiger charge is -2.17. The van der Waals surface area contributed by atoms with Gasteiger partial charge in [0.15, 0.2) is 0 Å². The molecule has 1 atom stereocenters. The fraction of sp³-hybridized carbons (Fsp3) is 0.647. The van der Waals surface area contributed by atoms with Crippen LogP contribution in [0.4, 0.5) is 0 Å². The zero-order chi connectivity index (χ0) is 15.7. The van der Waals surface area contributed by atoms with Gasteiger partial charge < -0.3 is 9.47 Å². The summed E-state index contributed by atoms with van der Waals surface area (Å²) in [6, 6.07) is 4.07. The second kappa shape index (κ2) is 10.5. The minimum absolute atomic E-state index is 0.320. The zero-order valence-corrected chi connectivity index (χ0v) is 16.4. The molecule has 0 radical (unpaired) electrons. The molecule has 0 aliphatic rings. The van der Waals surface area contributed by atoms with Gasteiger partial charge in [-0.3, -0.25) is 0 Å². The molecule has 0 saturated carbocycles. The molecular weight excluding hydrogens is 396 g/mol. The van der Waals surface area contributed by atoms with Gasteiger partial charge in [0.1, 0.15) is 16.0 Å². The first-order valence-electron chi connectivity index (χ1n) is 7.70. The highest BCUT2D eigenvalue weighted by atomic mass is 79.9. The van der Waals surface area contributed by atoms with Gasteiger partial charge in [-0.05, 0) is 28.4 Å². The smallest absolute Gasteiger partial charge is 0.141 e. The van der Waals surface area contributed by atoms with Crippen LogP contribution < -0.4 is 9.47 Å². The number of benzene rings is 1. The standard InChI is InChI=1S/C17H26Br2O2/c1-4-5-6-7-8-9-10-14(18)13-11-12-15(20-2)16(19)17(13)21-3/h11-12,14H,4-10H2,1-3H3. The van der Waals surface area contributed by atoms with Gasteiger partial charge in [0.25, 0.3) is 0 Å². The van der Waals surface area contributed by atoms with Gasteiger partial charge in [0.2, 0.25) is 0 Å².